The molecule has 4 unspecified atom stereocenters. The lowest BCUT2D eigenvalue weighted by Crippen LogP contribution is -2.42. The highest BCUT2D eigenvalue weighted by Crippen LogP contribution is 2.46. The molecule has 0 aromatic heterocycles. The molecule has 106 valence electrons. The van der Waals surface area contributed by atoms with Gasteiger partial charge in [0.15, 0.2) is 0 Å². The van der Waals surface area contributed by atoms with E-state index >= 15 is 0 Å². The van der Waals surface area contributed by atoms with Gasteiger partial charge in [0.05, 0.1) is 23.4 Å². The van der Waals surface area contributed by atoms with E-state index in [4.69, 9.17) is 9.47 Å². The number of rotatable bonds is 3. The highest BCUT2D eigenvalue weighted by Gasteiger charge is 2.51. The fraction of sp³-hybridized carbons (Fsp3) is 1.00. The third-order valence-corrected chi connectivity index (χ3v) is 4.66. The Balaban J connectivity index is 2.11. The van der Waals surface area contributed by atoms with Crippen molar-refractivity contribution in [2.45, 2.75) is 77.3 Å². The highest BCUT2D eigenvalue weighted by atomic mass is 16.5. The summed E-state index contributed by atoms with van der Waals surface area (Å²) in [7, 11) is 0. The molecule has 3 heteroatoms. The summed E-state index contributed by atoms with van der Waals surface area (Å²) in [6.45, 7) is 11.4. The second kappa shape index (κ2) is 4.77. The van der Waals surface area contributed by atoms with E-state index in [9.17, 15) is 5.11 Å². The molecule has 18 heavy (non-hydrogen) atoms. The number of hydrogen-bond acceptors (Lipinski definition) is 3. The summed E-state index contributed by atoms with van der Waals surface area (Å²) < 4.78 is 11.8. The van der Waals surface area contributed by atoms with Crippen LogP contribution in [0.5, 0.6) is 0 Å². The molecule has 2 rings (SSSR count). The lowest BCUT2D eigenvalue weighted by Gasteiger charge is -2.34. The molecule has 3 nitrogen and oxygen atoms in total. The number of aliphatic hydroxyl groups is 1. The van der Waals surface area contributed by atoms with E-state index in [-0.39, 0.29) is 35.2 Å². The predicted octanol–water partition coefficient (Wildman–Crippen LogP) is 2.76. The van der Waals surface area contributed by atoms with Crippen molar-refractivity contribution in [1.82, 2.24) is 0 Å². The summed E-state index contributed by atoms with van der Waals surface area (Å²) in [5.41, 5.74) is -0.375. The van der Waals surface area contributed by atoms with Crippen molar-refractivity contribution in [1.29, 1.82) is 0 Å². The molecule has 2 aliphatic heterocycles. The maximum absolute atomic E-state index is 10.8. The van der Waals surface area contributed by atoms with E-state index in [1.807, 2.05) is 0 Å². The first-order chi connectivity index (χ1) is 8.27. The molecule has 2 saturated heterocycles. The molecule has 0 aliphatic carbocycles. The largest absolute Gasteiger partial charge is 0.392 e. The maximum atomic E-state index is 10.8. The van der Waals surface area contributed by atoms with Crippen LogP contribution in [-0.4, -0.2) is 35.1 Å². The molecule has 0 aromatic rings. The molecule has 0 radical (unpaired) electrons. The maximum Gasteiger partial charge on any atom is 0.0687 e. The number of ether oxygens (including phenoxy) is 2. The SMILES string of the molecule is CCC1OCCC1C(O)C1CC(C)(C)OC1(C)C. The quantitative estimate of drug-likeness (QED) is 0.844. The molecule has 2 heterocycles. The van der Waals surface area contributed by atoms with Gasteiger partial charge in [-0.2, -0.15) is 0 Å². The van der Waals surface area contributed by atoms with Crippen LogP contribution < -0.4 is 0 Å². The third-order valence-electron chi connectivity index (χ3n) is 4.66. The zero-order chi connectivity index (χ0) is 13.6. The second-order valence-corrected chi connectivity index (χ2v) is 7.04. The third kappa shape index (κ3) is 2.59. The van der Waals surface area contributed by atoms with Gasteiger partial charge in [-0.15, -0.1) is 0 Å². The van der Waals surface area contributed by atoms with Gasteiger partial charge >= 0.3 is 0 Å². The Kier molecular flexibility index (Phi) is 3.79. The van der Waals surface area contributed by atoms with Crippen LogP contribution in [0.1, 0.15) is 53.9 Å². The van der Waals surface area contributed by atoms with E-state index in [1.165, 1.54) is 0 Å². The Morgan fingerprint density at radius 3 is 2.44 bits per heavy atom. The normalized spacial score (nSPS) is 40.0. The van der Waals surface area contributed by atoms with Gasteiger partial charge in [-0.25, -0.2) is 0 Å². The van der Waals surface area contributed by atoms with Crippen molar-refractivity contribution in [2.24, 2.45) is 11.8 Å². The molecular formula is C15H28O3. The minimum absolute atomic E-state index is 0.129. The van der Waals surface area contributed by atoms with Crippen LogP contribution in [0.4, 0.5) is 0 Å². The zero-order valence-corrected chi connectivity index (χ0v) is 12.4. The summed E-state index contributed by atoms with van der Waals surface area (Å²) in [6, 6.07) is 0. The molecule has 0 bridgehead atoms. The Hall–Kier alpha value is -0.120. The van der Waals surface area contributed by atoms with Gasteiger partial charge in [-0.05, 0) is 47.0 Å². The summed E-state index contributed by atoms with van der Waals surface area (Å²) in [6.07, 6.45) is 2.80. The van der Waals surface area contributed by atoms with Gasteiger partial charge in [-0.3, -0.25) is 0 Å². The van der Waals surface area contributed by atoms with Gasteiger partial charge in [0.25, 0.3) is 0 Å². The van der Waals surface area contributed by atoms with Crippen LogP contribution in [0, 0.1) is 11.8 Å². The molecule has 4 atom stereocenters. The van der Waals surface area contributed by atoms with E-state index in [1.54, 1.807) is 0 Å². The lowest BCUT2D eigenvalue weighted by atomic mass is 9.76. The van der Waals surface area contributed by atoms with E-state index in [0.29, 0.717) is 0 Å². The summed E-state index contributed by atoms with van der Waals surface area (Å²) >= 11 is 0. The first-order valence-electron chi connectivity index (χ1n) is 7.26. The fourth-order valence-electron chi connectivity index (χ4n) is 3.91. The Morgan fingerprint density at radius 1 is 1.28 bits per heavy atom. The minimum atomic E-state index is -0.311. The molecule has 2 fully saturated rings. The molecule has 0 saturated carbocycles. The van der Waals surface area contributed by atoms with Gasteiger partial charge < -0.3 is 14.6 Å². The van der Waals surface area contributed by atoms with Crippen LogP contribution in [-0.2, 0) is 9.47 Å². The lowest BCUT2D eigenvalue weighted by molar-refractivity contribution is -0.0973. The Labute approximate surface area is 111 Å². The highest BCUT2D eigenvalue weighted by molar-refractivity contribution is 5.00. The van der Waals surface area contributed by atoms with Gasteiger partial charge in [0.1, 0.15) is 0 Å². The van der Waals surface area contributed by atoms with Crippen LogP contribution in [0.25, 0.3) is 0 Å². The van der Waals surface area contributed by atoms with Crippen LogP contribution in [0.3, 0.4) is 0 Å². The topological polar surface area (TPSA) is 38.7 Å². The minimum Gasteiger partial charge on any atom is -0.392 e. The van der Waals surface area contributed by atoms with Gasteiger partial charge in [-0.1, -0.05) is 6.92 Å². The molecular weight excluding hydrogens is 228 g/mol. The van der Waals surface area contributed by atoms with Crippen molar-refractivity contribution in [3.63, 3.8) is 0 Å². The van der Waals surface area contributed by atoms with E-state index in [0.717, 1.165) is 25.9 Å². The average molecular weight is 256 g/mol. The predicted molar refractivity (Wildman–Crippen MR) is 71.5 cm³/mol. The monoisotopic (exact) mass is 256 g/mol. The smallest absolute Gasteiger partial charge is 0.0687 e. The first kappa shape index (κ1) is 14.3. The van der Waals surface area contributed by atoms with Crippen LogP contribution in [0.15, 0.2) is 0 Å². The summed E-state index contributed by atoms with van der Waals surface area (Å²) in [5, 5.41) is 10.8. The standard InChI is InChI=1S/C15H28O3/c1-6-12-10(7-8-17-12)13(16)11-9-14(2,3)18-15(11,4)5/h10-13,16H,6-9H2,1-5H3. The molecule has 2 aliphatic rings. The molecule has 0 spiro atoms. The second-order valence-electron chi connectivity index (χ2n) is 7.04. The van der Waals surface area contributed by atoms with Crippen molar-refractivity contribution in [2.75, 3.05) is 6.61 Å². The van der Waals surface area contributed by atoms with E-state index in [2.05, 4.69) is 34.6 Å². The van der Waals surface area contributed by atoms with Crippen LogP contribution in [0.2, 0.25) is 0 Å². The van der Waals surface area contributed by atoms with Crippen molar-refractivity contribution in [3.05, 3.63) is 0 Å². The molecule has 1 N–H and O–H groups in total. The van der Waals surface area contributed by atoms with Gasteiger partial charge in [0, 0.05) is 18.4 Å². The summed E-state index contributed by atoms with van der Waals surface area (Å²) in [5.74, 6) is 0.477. The summed E-state index contributed by atoms with van der Waals surface area (Å²) in [4.78, 5) is 0. The molecule has 0 amide bonds. The van der Waals surface area contributed by atoms with Crippen molar-refractivity contribution in [3.8, 4) is 0 Å². The van der Waals surface area contributed by atoms with Crippen LogP contribution >= 0.6 is 0 Å². The Bertz CT molecular complexity index is 298. The Morgan fingerprint density at radius 2 is 1.94 bits per heavy atom. The van der Waals surface area contributed by atoms with E-state index < -0.39 is 0 Å². The van der Waals surface area contributed by atoms with Crippen molar-refractivity contribution < 1.29 is 14.6 Å². The zero-order valence-electron chi connectivity index (χ0n) is 12.4. The molecule has 0 aromatic carbocycles. The van der Waals surface area contributed by atoms with Crippen molar-refractivity contribution >= 4 is 0 Å². The first-order valence-corrected chi connectivity index (χ1v) is 7.26. The van der Waals surface area contributed by atoms with Gasteiger partial charge in [0.2, 0.25) is 0 Å². The number of aliphatic hydroxyl groups excluding tert-OH is 1. The fourth-order valence-corrected chi connectivity index (χ4v) is 3.91. The number of hydrogen-bond donors (Lipinski definition) is 1. The average Bonchev–Trinajstić information content (AvgIpc) is 2.78.